The van der Waals surface area contributed by atoms with E-state index >= 15 is 0 Å². The van der Waals surface area contributed by atoms with E-state index in [1.165, 1.54) is 12.8 Å². The van der Waals surface area contributed by atoms with Crippen LogP contribution in [0.2, 0.25) is 5.02 Å². The summed E-state index contributed by atoms with van der Waals surface area (Å²) >= 11 is 7.86. The van der Waals surface area contributed by atoms with Crippen LogP contribution in [0.1, 0.15) is 26.7 Å². The van der Waals surface area contributed by atoms with Crippen molar-refractivity contribution in [1.82, 2.24) is 0 Å². The highest BCUT2D eigenvalue weighted by Gasteiger charge is 2.06. The lowest BCUT2D eigenvalue weighted by molar-refractivity contribution is 0.787. The van der Waals surface area contributed by atoms with Gasteiger partial charge in [0.25, 0.3) is 0 Å². The minimum atomic E-state index is 0.597. The van der Waals surface area contributed by atoms with Gasteiger partial charge in [0.2, 0.25) is 0 Å². The van der Waals surface area contributed by atoms with E-state index in [-0.39, 0.29) is 0 Å². The number of nitrogens with two attached hydrogens (primary N) is 1. The number of hydrogen-bond acceptors (Lipinski definition) is 2. The van der Waals surface area contributed by atoms with E-state index in [0.717, 1.165) is 15.6 Å². The Kier molecular flexibility index (Phi) is 4.63. The second-order valence-corrected chi connectivity index (χ2v) is 5.29. The number of thioether (sulfide) groups is 1. The van der Waals surface area contributed by atoms with E-state index in [9.17, 15) is 0 Å². The number of nitrogen functional groups attached to an aromatic ring is 1. The quantitative estimate of drug-likeness (QED) is 0.619. The molecule has 0 bridgehead atoms. The summed E-state index contributed by atoms with van der Waals surface area (Å²) < 4.78 is 0. The summed E-state index contributed by atoms with van der Waals surface area (Å²) in [7, 11) is 0. The molecule has 0 aliphatic heterocycles. The summed E-state index contributed by atoms with van der Waals surface area (Å²) in [5.41, 5.74) is 6.48. The van der Waals surface area contributed by atoms with Gasteiger partial charge in [0.15, 0.2) is 0 Å². The average Bonchev–Trinajstić information content (AvgIpc) is 2.12. The Labute approximate surface area is 95.0 Å². The number of anilines is 1. The van der Waals surface area contributed by atoms with Gasteiger partial charge in [-0.25, -0.2) is 0 Å². The molecule has 78 valence electrons. The van der Waals surface area contributed by atoms with Crippen molar-refractivity contribution >= 4 is 29.1 Å². The molecule has 0 fully saturated rings. The number of rotatable bonds is 4. The van der Waals surface area contributed by atoms with Gasteiger partial charge in [-0.1, -0.05) is 31.9 Å². The third kappa shape index (κ3) is 3.43. The van der Waals surface area contributed by atoms with E-state index in [1.807, 2.05) is 18.2 Å². The van der Waals surface area contributed by atoms with Crippen LogP contribution in [0.3, 0.4) is 0 Å². The van der Waals surface area contributed by atoms with Crippen molar-refractivity contribution in [3.63, 3.8) is 0 Å². The maximum Gasteiger partial charge on any atom is 0.0543 e. The summed E-state index contributed by atoms with van der Waals surface area (Å²) in [6.45, 7) is 4.41. The van der Waals surface area contributed by atoms with Crippen LogP contribution in [0.15, 0.2) is 23.1 Å². The Hall–Kier alpha value is -0.340. The van der Waals surface area contributed by atoms with Gasteiger partial charge in [0.1, 0.15) is 0 Å². The van der Waals surface area contributed by atoms with Gasteiger partial charge in [-0.15, -0.1) is 11.8 Å². The van der Waals surface area contributed by atoms with Crippen LogP contribution in [0.4, 0.5) is 5.69 Å². The van der Waals surface area contributed by atoms with Crippen LogP contribution in [0.5, 0.6) is 0 Å². The van der Waals surface area contributed by atoms with Gasteiger partial charge in [0, 0.05) is 15.8 Å². The Bertz CT molecular complexity index is 301. The average molecular weight is 230 g/mol. The van der Waals surface area contributed by atoms with Gasteiger partial charge < -0.3 is 5.73 Å². The summed E-state index contributed by atoms with van der Waals surface area (Å²) in [4.78, 5) is 1.09. The maximum atomic E-state index is 6.06. The van der Waals surface area contributed by atoms with Crippen LogP contribution < -0.4 is 5.73 Å². The molecule has 1 unspecified atom stereocenters. The molecule has 3 heteroatoms. The monoisotopic (exact) mass is 229 g/mol. The van der Waals surface area contributed by atoms with Gasteiger partial charge >= 0.3 is 0 Å². The molecule has 0 heterocycles. The zero-order valence-electron chi connectivity index (χ0n) is 8.59. The van der Waals surface area contributed by atoms with Crippen LogP contribution in [-0.4, -0.2) is 5.25 Å². The first-order valence-electron chi connectivity index (χ1n) is 4.85. The van der Waals surface area contributed by atoms with Gasteiger partial charge in [-0.2, -0.15) is 0 Å². The molecule has 14 heavy (non-hydrogen) atoms. The molecule has 0 radical (unpaired) electrons. The molecule has 0 aliphatic carbocycles. The highest BCUT2D eigenvalue weighted by Crippen LogP contribution is 2.33. The van der Waals surface area contributed by atoms with Crippen molar-refractivity contribution in [1.29, 1.82) is 0 Å². The lowest BCUT2D eigenvalue weighted by atomic mass is 10.3. The van der Waals surface area contributed by atoms with E-state index in [4.69, 9.17) is 17.3 Å². The van der Waals surface area contributed by atoms with Crippen molar-refractivity contribution < 1.29 is 0 Å². The first-order chi connectivity index (χ1) is 6.63. The normalized spacial score (nSPS) is 12.8. The van der Waals surface area contributed by atoms with Crippen LogP contribution in [0, 0.1) is 0 Å². The Morgan fingerprint density at radius 3 is 2.86 bits per heavy atom. The standard InChI is InChI=1S/C11H16ClNS/c1-3-4-8(2)14-11-7-9(13)5-6-10(11)12/h5-8H,3-4,13H2,1-2H3. The molecule has 1 nitrogen and oxygen atoms in total. The zero-order valence-corrected chi connectivity index (χ0v) is 10.2. The van der Waals surface area contributed by atoms with Crippen molar-refractivity contribution in [2.45, 2.75) is 36.8 Å². The summed E-state index contributed by atoms with van der Waals surface area (Å²) in [6, 6.07) is 5.63. The van der Waals surface area contributed by atoms with Crippen molar-refractivity contribution in [2.24, 2.45) is 0 Å². The molecule has 2 N–H and O–H groups in total. The second kappa shape index (κ2) is 5.52. The smallest absolute Gasteiger partial charge is 0.0543 e. The molecular weight excluding hydrogens is 214 g/mol. The SMILES string of the molecule is CCCC(C)Sc1cc(N)ccc1Cl. The second-order valence-electron chi connectivity index (χ2n) is 3.41. The zero-order chi connectivity index (χ0) is 10.6. The maximum absolute atomic E-state index is 6.06. The van der Waals surface area contributed by atoms with E-state index < -0.39 is 0 Å². The molecule has 0 spiro atoms. The lowest BCUT2D eigenvalue weighted by Gasteiger charge is -2.11. The van der Waals surface area contributed by atoms with Gasteiger partial charge in [-0.3, -0.25) is 0 Å². The number of benzene rings is 1. The molecule has 1 aromatic rings. The third-order valence-corrected chi connectivity index (χ3v) is 3.65. The fraction of sp³-hybridized carbons (Fsp3) is 0.455. The van der Waals surface area contributed by atoms with Crippen molar-refractivity contribution in [2.75, 3.05) is 5.73 Å². The highest BCUT2D eigenvalue weighted by atomic mass is 35.5. The molecule has 1 rings (SSSR count). The number of halogens is 1. The summed E-state index contributed by atoms with van der Waals surface area (Å²) in [6.07, 6.45) is 2.41. The topological polar surface area (TPSA) is 26.0 Å². The summed E-state index contributed by atoms with van der Waals surface area (Å²) in [5, 5.41) is 1.39. The Balaban J connectivity index is 2.70. The Morgan fingerprint density at radius 1 is 1.50 bits per heavy atom. The predicted octanol–water partition coefficient (Wildman–Crippen LogP) is 4.20. The van der Waals surface area contributed by atoms with Crippen molar-refractivity contribution in [3.05, 3.63) is 23.2 Å². The Morgan fingerprint density at radius 2 is 2.21 bits per heavy atom. The predicted molar refractivity (Wildman–Crippen MR) is 66.1 cm³/mol. The fourth-order valence-corrected chi connectivity index (χ4v) is 2.72. The minimum Gasteiger partial charge on any atom is -0.399 e. The van der Waals surface area contributed by atoms with Crippen molar-refractivity contribution in [3.8, 4) is 0 Å². The first-order valence-corrected chi connectivity index (χ1v) is 6.11. The van der Waals surface area contributed by atoms with E-state index in [1.54, 1.807) is 11.8 Å². The lowest BCUT2D eigenvalue weighted by Crippen LogP contribution is -1.95. The van der Waals surface area contributed by atoms with Gasteiger partial charge in [-0.05, 0) is 24.6 Å². The minimum absolute atomic E-state index is 0.597. The molecule has 0 amide bonds. The van der Waals surface area contributed by atoms with Crippen LogP contribution in [-0.2, 0) is 0 Å². The molecule has 1 aromatic carbocycles. The molecule has 0 aliphatic rings. The molecular formula is C11H16ClNS. The first kappa shape index (κ1) is 11.7. The third-order valence-electron chi connectivity index (χ3n) is 1.98. The van der Waals surface area contributed by atoms with Crippen LogP contribution in [0.25, 0.3) is 0 Å². The van der Waals surface area contributed by atoms with Crippen LogP contribution >= 0.6 is 23.4 Å². The molecule has 0 saturated heterocycles. The largest absolute Gasteiger partial charge is 0.399 e. The summed E-state index contributed by atoms with van der Waals surface area (Å²) in [5.74, 6) is 0. The molecule has 1 atom stereocenters. The van der Waals surface area contributed by atoms with E-state index in [2.05, 4.69) is 13.8 Å². The molecule has 0 saturated carbocycles. The molecule has 0 aromatic heterocycles. The fourth-order valence-electron chi connectivity index (χ4n) is 1.29. The van der Waals surface area contributed by atoms with E-state index in [0.29, 0.717) is 5.25 Å². The number of hydrogen-bond donors (Lipinski definition) is 1. The van der Waals surface area contributed by atoms with Gasteiger partial charge in [0.05, 0.1) is 5.02 Å². The highest BCUT2D eigenvalue weighted by molar-refractivity contribution is 8.00.